The van der Waals surface area contributed by atoms with E-state index in [2.05, 4.69) is 42.0 Å². The monoisotopic (exact) mass is 417 g/mol. The molecule has 0 aromatic heterocycles. The maximum Gasteiger partial charge on any atom is 0.237 e. The normalized spacial score (nSPS) is 26.8. The summed E-state index contributed by atoms with van der Waals surface area (Å²) in [6.45, 7) is 11.3. The second-order valence-electron chi connectivity index (χ2n) is 9.06. The van der Waals surface area contributed by atoms with Crippen LogP contribution in [-0.4, -0.2) is 68.2 Å². The lowest BCUT2D eigenvalue weighted by Crippen LogP contribution is -2.56. The summed E-state index contributed by atoms with van der Waals surface area (Å²) in [6, 6.07) is 6.36. The van der Waals surface area contributed by atoms with Gasteiger partial charge in [-0.15, -0.1) is 0 Å². The Labute approximate surface area is 181 Å². The molecule has 0 unspecified atom stereocenters. The number of hydrogen-bond acceptors (Lipinski definition) is 5. The molecule has 0 spiro atoms. The van der Waals surface area contributed by atoms with E-state index >= 15 is 0 Å². The second-order valence-corrected chi connectivity index (χ2v) is 9.06. The van der Waals surface area contributed by atoms with Gasteiger partial charge in [0.05, 0.1) is 20.3 Å². The molecule has 1 aliphatic heterocycles. The van der Waals surface area contributed by atoms with Crippen molar-refractivity contribution in [2.45, 2.75) is 58.7 Å². The minimum absolute atomic E-state index is 0.0716. The van der Waals surface area contributed by atoms with Crippen molar-refractivity contribution in [2.24, 2.45) is 11.8 Å². The zero-order valence-electron chi connectivity index (χ0n) is 19.3. The Morgan fingerprint density at radius 2 is 1.80 bits per heavy atom. The number of benzene rings is 1. The third-order valence-electron chi connectivity index (χ3n) is 7.22. The van der Waals surface area contributed by atoms with E-state index in [-0.39, 0.29) is 11.9 Å². The largest absolute Gasteiger partial charge is 0.493 e. The molecule has 30 heavy (non-hydrogen) atoms. The first-order valence-corrected chi connectivity index (χ1v) is 11.4. The Kier molecular flexibility index (Phi) is 8.00. The molecule has 3 rings (SSSR count). The van der Waals surface area contributed by atoms with Crippen LogP contribution in [0.25, 0.3) is 0 Å². The highest BCUT2D eigenvalue weighted by Crippen LogP contribution is 2.30. The standard InChI is InChI=1S/C24H39N3O3/c1-17-7-6-8-21(18(17)2)25-24(28)19(3)27-13-11-26(12-14-27)16-20-9-10-22(29-4)23(15-20)30-5/h9-10,15,17-19,21H,6-8,11-14,16H2,1-5H3,(H,25,28)/t17-,18+,19+,21-/m0/s1. The molecule has 0 bridgehead atoms. The van der Waals surface area contributed by atoms with E-state index in [4.69, 9.17) is 9.47 Å². The van der Waals surface area contributed by atoms with E-state index in [9.17, 15) is 4.79 Å². The van der Waals surface area contributed by atoms with Gasteiger partial charge in [-0.25, -0.2) is 0 Å². The Bertz CT molecular complexity index is 703. The van der Waals surface area contributed by atoms with Crippen LogP contribution in [0.3, 0.4) is 0 Å². The summed E-state index contributed by atoms with van der Waals surface area (Å²) in [5, 5.41) is 3.35. The first-order valence-electron chi connectivity index (χ1n) is 11.4. The molecule has 2 aliphatic rings. The number of carbonyl (C=O) groups excluding carboxylic acids is 1. The fourth-order valence-corrected chi connectivity index (χ4v) is 4.80. The van der Waals surface area contributed by atoms with Crippen LogP contribution >= 0.6 is 0 Å². The van der Waals surface area contributed by atoms with Crippen LogP contribution in [0.5, 0.6) is 11.5 Å². The lowest BCUT2D eigenvalue weighted by atomic mass is 9.78. The zero-order chi connectivity index (χ0) is 21.7. The molecular weight excluding hydrogens is 378 g/mol. The van der Waals surface area contributed by atoms with Gasteiger partial charge < -0.3 is 14.8 Å². The fourth-order valence-electron chi connectivity index (χ4n) is 4.80. The van der Waals surface area contributed by atoms with Crippen molar-refractivity contribution in [3.63, 3.8) is 0 Å². The van der Waals surface area contributed by atoms with Crippen molar-refractivity contribution in [3.8, 4) is 11.5 Å². The van der Waals surface area contributed by atoms with Crippen LogP contribution in [0.1, 0.15) is 45.6 Å². The number of piperazine rings is 1. The van der Waals surface area contributed by atoms with Gasteiger partial charge in [0.25, 0.3) is 0 Å². The van der Waals surface area contributed by atoms with Gasteiger partial charge in [0.2, 0.25) is 5.91 Å². The van der Waals surface area contributed by atoms with Gasteiger partial charge in [-0.2, -0.15) is 0 Å². The maximum absolute atomic E-state index is 12.9. The second kappa shape index (κ2) is 10.5. The summed E-state index contributed by atoms with van der Waals surface area (Å²) >= 11 is 0. The highest BCUT2D eigenvalue weighted by molar-refractivity contribution is 5.81. The van der Waals surface area contributed by atoms with Crippen LogP contribution in [0.4, 0.5) is 0 Å². The molecule has 1 N–H and O–H groups in total. The van der Waals surface area contributed by atoms with Crippen LogP contribution < -0.4 is 14.8 Å². The van der Waals surface area contributed by atoms with E-state index in [1.54, 1.807) is 14.2 Å². The van der Waals surface area contributed by atoms with Crippen molar-refractivity contribution < 1.29 is 14.3 Å². The molecule has 1 heterocycles. The van der Waals surface area contributed by atoms with Gasteiger partial charge >= 0.3 is 0 Å². The molecule has 2 fully saturated rings. The minimum Gasteiger partial charge on any atom is -0.493 e. The Balaban J connectivity index is 1.48. The van der Waals surface area contributed by atoms with Gasteiger partial charge in [0, 0.05) is 38.8 Å². The zero-order valence-corrected chi connectivity index (χ0v) is 19.3. The Morgan fingerprint density at radius 3 is 2.47 bits per heavy atom. The molecule has 1 saturated carbocycles. The Hall–Kier alpha value is -1.79. The summed E-state index contributed by atoms with van der Waals surface area (Å²) in [6.07, 6.45) is 3.62. The number of nitrogens with zero attached hydrogens (tertiary/aromatic N) is 2. The maximum atomic E-state index is 12.9. The molecule has 1 aliphatic carbocycles. The summed E-state index contributed by atoms with van der Waals surface area (Å²) in [7, 11) is 3.32. The number of nitrogens with one attached hydrogen (secondary N) is 1. The lowest BCUT2D eigenvalue weighted by molar-refractivity contribution is -0.128. The van der Waals surface area contributed by atoms with E-state index in [0.29, 0.717) is 17.9 Å². The molecular formula is C24H39N3O3. The molecule has 1 aromatic carbocycles. The molecule has 6 heteroatoms. The molecule has 1 aromatic rings. The highest BCUT2D eigenvalue weighted by Gasteiger charge is 2.31. The van der Waals surface area contributed by atoms with E-state index in [1.807, 2.05) is 12.1 Å². The van der Waals surface area contributed by atoms with E-state index in [0.717, 1.165) is 50.6 Å². The van der Waals surface area contributed by atoms with Crippen molar-refractivity contribution in [3.05, 3.63) is 23.8 Å². The van der Waals surface area contributed by atoms with Crippen LogP contribution in [0.15, 0.2) is 18.2 Å². The minimum atomic E-state index is -0.0716. The smallest absolute Gasteiger partial charge is 0.237 e. The molecule has 0 radical (unpaired) electrons. The van der Waals surface area contributed by atoms with Gasteiger partial charge in [-0.3, -0.25) is 14.6 Å². The molecule has 168 valence electrons. The summed E-state index contributed by atoms with van der Waals surface area (Å²) < 4.78 is 10.7. The van der Waals surface area contributed by atoms with Crippen LogP contribution in [0.2, 0.25) is 0 Å². The van der Waals surface area contributed by atoms with E-state index < -0.39 is 0 Å². The molecule has 1 amide bonds. The van der Waals surface area contributed by atoms with Gasteiger partial charge in [0.15, 0.2) is 11.5 Å². The number of rotatable bonds is 7. The van der Waals surface area contributed by atoms with E-state index in [1.165, 1.54) is 18.4 Å². The summed E-state index contributed by atoms with van der Waals surface area (Å²) in [5.41, 5.74) is 1.22. The van der Waals surface area contributed by atoms with Gasteiger partial charge in [0.1, 0.15) is 0 Å². The van der Waals surface area contributed by atoms with Crippen molar-refractivity contribution in [1.82, 2.24) is 15.1 Å². The number of methoxy groups -OCH3 is 2. The Morgan fingerprint density at radius 1 is 1.10 bits per heavy atom. The van der Waals surface area contributed by atoms with Crippen molar-refractivity contribution >= 4 is 5.91 Å². The highest BCUT2D eigenvalue weighted by atomic mass is 16.5. The SMILES string of the molecule is COc1ccc(CN2CCN([C@H](C)C(=O)N[C@H]3CCC[C@H](C)[C@H]3C)CC2)cc1OC. The number of hydrogen-bond donors (Lipinski definition) is 1. The molecule has 4 atom stereocenters. The van der Waals surface area contributed by atoms with Crippen LogP contribution in [0, 0.1) is 11.8 Å². The lowest BCUT2D eigenvalue weighted by Gasteiger charge is -2.39. The van der Waals surface area contributed by atoms with Crippen molar-refractivity contribution in [2.75, 3.05) is 40.4 Å². The average Bonchev–Trinajstić information content (AvgIpc) is 2.76. The fraction of sp³-hybridized carbons (Fsp3) is 0.708. The first kappa shape index (κ1) is 22.9. The third-order valence-corrected chi connectivity index (χ3v) is 7.22. The first-order chi connectivity index (χ1) is 14.4. The predicted molar refractivity (Wildman–Crippen MR) is 120 cm³/mol. The van der Waals surface area contributed by atoms with Crippen molar-refractivity contribution in [1.29, 1.82) is 0 Å². The summed E-state index contributed by atoms with van der Waals surface area (Å²) in [4.78, 5) is 17.6. The van der Waals surface area contributed by atoms with Crippen LogP contribution in [-0.2, 0) is 11.3 Å². The average molecular weight is 418 g/mol. The molecule has 1 saturated heterocycles. The topological polar surface area (TPSA) is 54.0 Å². The predicted octanol–water partition coefficient (Wildman–Crippen LogP) is 3.15. The number of amides is 1. The van der Waals surface area contributed by atoms with Gasteiger partial charge in [-0.05, 0) is 42.9 Å². The summed E-state index contributed by atoms with van der Waals surface area (Å²) in [5.74, 6) is 2.97. The number of ether oxygens (including phenoxy) is 2. The quantitative estimate of drug-likeness (QED) is 0.739. The van der Waals surface area contributed by atoms with Gasteiger partial charge in [-0.1, -0.05) is 32.8 Å². The number of carbonyl (C=O) groups is 1. The molecule has 6 nitrogen and oxygen atoms in total. The third kappa shape index (κ3) is 5.46.